The molecule has 0 heterocycles. The lowest BCUT2D eigenvalue weighted by atomic mass is 9.97. The average molecular weight is 288 g/mol. The molecule has 0 bridgehead atoms. The van der Waals surface area contributed by atoms with Crippen LogP contribution < -0.4 is 5.73 Å². The maximum Gasteiger partial charge on any atom is 0.223 e. The Balaban J connectivity index is 2.04. The van der Waals surface area contributed by atoms with E-state index in [0.29, 0.717) is 12.3 Å². The summed E-state index contributed by atoms with van der Waals surface area (Å²) < 4.78 is 0. The van der Waals surface area contributed by atoms with Crippen LogP contribution in [0.4, 0.5) is 0 Å². The zero-order chi connectivity index (χ0) is 15.6. The zero-order valence-electron chi connectivity index (χ0n) is 13.7. The number of hydrogen-bond donors (Lipinski definition) is 1. The van der Waals surface area contributed by atoms with Crippen LogP contribution in [0.25, 0.3) is 0 Å². The molecule has 1 aromatic rings. The Morgan fingerprint density at radius 2 is 2.10 bits per heavy atom. The van der Waals surface area contributed by atoms with E-state index in [2.05, 4.69) is 39.0 Å². The molecule has 1 unspecified atom stereocenters. The van der Waals surface area contributed by atoms with Gasteiger partial charge in [-0.3, -0.25) is 4.79 Å². The number of aryl methyl sites for hydroxylation is 2. The van der Waals surface area contributed by atoms with E-state index >= 15 is 0 Å². The number of rotatable bonds is 4. The lowest BCUT2D eigenvalue weighted by molar-refractivity contribution is -0.132. The number of hydrogen-bond acceptors (Lipinski definition) is 2. The lowest BCUT2D eigenvalue weighted by Gasteiger charge is -2.28. The van der Waals surface area contributed by atoms with Gasteiger partial charge in [0.25, 0.3) is 0 Å². The predicted molar refractivity (Wildman–Crippen MR) is 87.0 cm³/mol. The summed E-state index contributed by atoms with van der Waals surface area (Å²) in [5, 5.41) is 0. The van der Waals surface area contributed by atoms with Crippen LogP contribution in [0, 0.1) is 19.8 Å². The molecule has 1 fully saturated rings. The predicted octanol–water partition coefficient (Wildman–Crippen LogP) is 3.34. The zero-order valence-corrected chi connectivity index (χ0v) is 13.7. The molecule has 0 aliphatic heterocycles. The monoisotopic (exact) mass is 288 g/mol. The molecule has 3 atom stereocenters. The molecule has 3 nitrogen and oxygen atoms in total. The van der Waals surface area contributed by atoms with Gasteiger partial charge in [-0.2, -0.15) is 0 Å². The second-order valence-electron chi connectivity index (χ2n) is 6.60. The lowest BCUT2D eigenvalue weighted by Crippen LogP contribution is -2.34. The maximum absolute atomic E-state index is 12.5. The highest BCUT2D eigenvalue weighted by Crippen LogP contribution is 2.29. The minimum absolute atomic E-state index is 0.107. The molecule has 1 aliphatic carbocycles. The van der Waals surface area contributed by atoms with E-state index in [0.717, 1.165) is 19.3 Å². The Hall–Kier alpha value is -1.35. The first-order valence-corrected chi connectivity index (χ1v) is 7.98. The van der Waals surface area contributed by atoms with Crippen molar-refractivity contribution < 1.29 is 4.79 Å². The molecular formula is C18H28N2O. The van der Waals surface area contributed by atoms with Crippen molar-refractivity contribution in [3.05, 3.63) is 34.9 Å². The molecule has 1 aliphatic rings. The van der Waals surface area contributed by atoms with Crippen molar-refractivity contribution in [2.24, 2.45) is 11.7 Å². The summed E-state index contributed by atoms with van der Waals surface area (Å²) in [6.07, 6.45) is 3.91. The molecule has 3 heteroatoms. The molecule has 1 saturated carbocycles. The Labute approximate surface area is 128 Å². The fourth-order valence-corrected chi connectivity index (χ4v) is 3.41. The first kappa shape index (κ1) is 16.0. The van der Waals surface area contributed by atoms with Crippen LogP contribution in [-0.2, 0) is 4.79 Å². The third-order valence-corrected chi connectivity index (χ3v) is 5.00. The van der Waals surface area contributed by atoms with Crippen molar-refractivity contribution in [1.29, 1.82) is 0 Å². The molecule has 2 N–H and O–H groups in total. The van der Waals surface area contributed by atoms with Gasteiger partial charge in [-0.1, -0.05) is 30.2 Å². The van der Waals surface area contributed by atoms with Gasteiger partial charge in [0.2, 0.25) is 5.91 Å². The molecular weight excluding hydrogens is 260 g/mol. The number of benzene rings is 1. The highest BCUT2D eigenvalue weighted by Gasteiger charge is 2.28. The molecule has 116 valence electrons. The van der Waals surface area contributed by atoms with Gasteiger partial charge in [0.1, 0.15) is 0 Å². The minimum atomic E-state index is 0.107. The van der Waals surface area contributed by atoms with Crippen molar-refractivity contribution in [1.82, 2.24) is 4.90 Å². The summed E-state index contributed by atoms with van der Waals surface area (Å²) in [6.45, 7) is 6.31. The van der Waals surface area contributed by atoms with Crippen molar-refractivity contribution in [3.8, 4) is 0 Å². The fraction of sp³-hybridized carbons (Fsp3) is 0.611. The second kappa shape index (κ2) is 6.61. The van der Waals surface area contributed by atoms with Crippen LogP contribution in [0.5, 0.6) is 0 Å². The van der Waals surface area contributed by atoms with Crippen LogP contribution in [0.3, 0.4) is 0 Å². The minimum Gasteiger partial charge on any atom is -0.339 e. The van der Waals surface area contributed by atoms with E-state index < -0.39 is 0 Å². The maximum atomic E-state index is 12.5. The van der Waals surface area contributed by atoms with E-state index in [9.17, 15) is 4.79 Å². The molecule has 0 spiro atoms. The number of carbonyl (C=O) groups is 1. The van der Waals surface area contributed by atoms with E-state index in [1.807, 2.05) is 11.9 Å². The Bertz CT molecular complexity index is 512. The van der Waals surface area contributed by atoms with Crippen LogP contribution >= 0.6 is 0 Å². The van der Waals surface area contributed by atoms with Gasteiger partial charge in [0.15, 0.2) is 0 Å². The van der Waals surface area contributed by atoms with Gasteiger partial charge in [-0.15, -0.1) is 0 Å². The highest BCUT2D eigenvalue weighted by atomic mass is 16.2. The summed E-state index contributed by atoms with van der Waals surface area (Å²) in [6, 6.07) is 6.75. The van der Waals surface area contributed by atoms with Crippen LogP contribution in [0.2, 0.25) is 0 Å². The molecule has 2 rings (SSSR count). The Kier molecular flexibility index (Phi) is 5.04. The van der Waals surface area contributed by atoms with Crippen molar-refractivity contribution in [2.45, 2.75) is 58.5 Å². The summed E-state index contributed by atoms with van der Waals surface area (Å²) in [7, 11) is 1.91. The molecule has 0 saturated heterocycles. The third-order valence-electron chi connectivity index (χ3n) is 5.00. The summed E-state index contributed by atoms with van der Waals surface area (Å²) >= 11 is 0. The van der Waals surface area contributed by atoms with E-state index in [1.54, 1.807) is 0 Å². The van der Waals surface area contributed by atoms with Gasteiger partial charge in [0, 0.05) is 19.5 Å². The van der Waals surface area contributed by atoms with E-state index in [1.165, 1.54) is 16.7 Å². The largest absolute Gasteiger partial charge is 0.339 e. The van der Waals surface area contributed by atoms with E-state index in [-0.39, 0.29) is 18.0 Å². The molecule has 0 radical (unpaired) electrons. The summed E-state index contributed by atoms with van der Waals surface area (Å²) in [4.78, 5) is 14.4. The first-order chi connectivity index (χ1) is 9.90. The molecule has 1 amide bonds. The quantitative estimate of drug-likeness (QED) is 0.923. The van der Waals surface area contributed by atoms with Gasteiger partial charge in [-0.25, -0.2) is 0 Å². The van der Waals surface area contributed by atoms with Crippen molar-refractivity contribution in [3.63, 3.8) is 0 Å². The van der Waals surface area contributed by atoms with Gasteiger partial charge < -0.3 is 10.6 Å². The van der Waals surface area contributed by atoms with Gasteiger partial charge in [-0.05, 0) is 50.7 Å². The molecule has 0 aromatic heterocycles. The molecule has 1 aromatic carbocycles. The topological polar surface area (TPSA) is 46.3 Å². The number of nitrogens with zero attached hydrogens (tertiary/aromatic N) is 1. The average Bonchev–Trinajstić information content (AvgIpc) is 2.82. The highest BCUT2D eigenvalue weighted by molar-refractivity contribution is 5.76. The fourth-order valence-electron chi connectivity index (χ4n) is 3.41. The Morgan fingerprint density at radius 1 is 1.38 bits per heavy atom. The number of amides is 1. The standard InChI is InChI=1S/C18H28N2O/c1-12-8-9-16(13(2)10-12)14(3)20(4)18(21)11-15-6-5-7-17(15)19/h8-10,14-15,17H,5-7,11,19H2,1-4H3/t14?,15-,17+/m0/s1. The number of carbonyl (C=O) groups excluding carboxylic acids is 1. The normalized spacial score (nSPS) is 23.1. The Morgan fingerprint density at radius 3 is 2.67 bits per heavy atom. The summed E-state index contributed by atoms with van der Waals surface area (Å²) in [5.74, 6) is 0.580. The van der Waals surface area contributed by atoms with Crippen LogP contribution in [0.15, 0.2) is 18.2 Å². The van der Waals surface area contributed by atoms with Crippen LogP contribution in [0.1, 0.15) is 55.3 Å². The van der Waals surface area contributed by atoms with Gasteiger partial charge in [0.05, 0.1) is 6.04 Å². The van der Waals surface area contributed by atoms with Crippen molar-refractivity contribution >= 4 is 5.91 Å². The van der Waals surface area contributed by atoms with Crippen molar-refractivity contribution in [2.75, 3.05) is 7.05 Å². The third kappa shape index (κ3) is 3.65. The van der Waals surface area contributed by atoms with Crippen LogP contribution in [-0.4, -0.2) is 23.9 Å². The molecule has 21 heavy (non-hydrogen) atoms. The summed E-state index contributed by atoms with van der Waals surface area (Å²) in [5.41, 5.74) is 9.82. The van der Waals surface area contributed by atoms with Gasteiger partial charge >= 0.3 is 0 Å². The SMILES string of the molecule is Cc1ccc(C(C)N(C)C(=O)C[C@@H]2CCC[C@H]2N)c(C)c1. The van der Waals surface area contributed by atoms with E-state index in [4.69, 9.17) is 5.73 Å². The first-order valence-electron chi connectivity index (χ1n) is 7.98. The smallest absolute Gasteiger partial charge is 0.223 e. The second-order valence-corrected chi connectivity index (χ2v) is 6.60. The number of nitrogens with two attached hydrogens (primary N) is 1.